The van der Waals surface area contributed by atoms with E-state index in [9.17, 15) is 4.39 Å². The third-order valence-electron chi connectivity index (χ3n) is 7.34. The molecular weight excluding hydrogens is 756 g/mol. The second kappa shape index (κ2) is 14.0. The van der Waals surface area contributed by atoms with Crippen molar-refractivity contribution >= 4 is 44.8 Å². The maximum atomic E-state index is 14.3. The molecule has 1 radical (unpaired) electrons. The largest absolute Gasteiger partial charge is 0.305 e. The average molecular weight is 800 g/mol. The van der Waals surface area contributed by atoms with Crippen molar-refractivity contribution in [1.29, 1.82) is 0 Å². The Morgan fingerprint density at radius 3 is 2.39 bits per heavy atom. The summed E-state index contributed by atoms with van der Waals surface area (Å²) in [5, 5.41) is 2.73. The predicted molar refractivity (Wildman–Crippen MR) is 186 cm³/mol. The SMILES string of the molecule is [2H]C(C)(C)c1ccnc(-c2[c-]ccc3c2sc2cccc(F)c23)c1.[2H]C([2H])([2H])c1c[c-]c(-c2cc(C([2H])(C)C)c([Si](C)(C)C)cn2)cc1.[Ir]. The summed E-state index contributed by atoms with van der Waals surface area (Å²) in [4.78, 5) is 9.03. The minimum Gasteiger partial charge on any atom is -0.305 e. The van der Waals surface area contributed by atoms with E-state index >= 15 is 0 Å². The average Bonchev–Trinajstić information content (AvgIpc) is 3.40. The number of hydrogen-bond acceptors (Lipinski definition) is 3. The summed E-state index contributed by atoms with van der Waals surface area (Å²) in [6.45, 7) is 12.1. The molecule has 0 fully saturated rings. The number of nitrogens with zero attached hydrogens (tertiary/aromatic N) is 2. The van der Waals surface area contributed by atoms with Crippen LogP contribution < -0.4 is 5.19 Å². The van der Waals surface area contributed by atoms with Crippen LogP contribution in [0.3, 0.4) is 0 Å². The molecule has 0 unspecified atom stereocenters. The van der Waals surface area contributed by atoms with Gasteiger partial charge in [-0.1, -0.05) is 88.9 Å². The quantitative estimate of drug-likeness (QED) is 0.128. The molecule has 0 aliphatic rings. The minimum absolute atomic E-state index is 0. The van der Waals surface area contributed by atoms with Crippen LogP contribution in [0.2, 0.25) is 19.6 Å². The summed E-state index contributed by atoms with van der Waals surface area (Å²) in [6.07, 6.45) is 3.61. The summed E-state index contributed by atoms with van der Waals surface area (Å²) < 4.78 is 55.2. The zero-order valence-corrected chi connectivity index (χ0v) is 30.2. The van der Waals surface area contributed by atoms with Gasteiger partial charge >= 0.3 is 0 Å². The van der Waals surface area contributed by atoms with Gasteiger partial charge in [0.25, 0.3) is 0 Å². The smallest absolute Gasteiger partial charge is 0.130 e. The molecule has 3 aromatic heterocycles. The summed E-state index contributed by atoms with van der Waals surface area (Å²) >= 11 is 1.55. The maximum Gasteiger partial charge on any atom is 0.130 e. The molecule has 0 saturated heterocycles. The number of pyridine rings is 2. The van der Waals surface area contributed by atoms with E-state index in [4.69, 9.17) is 6.85 Å². The van der Waals surface area contributed by atoms with E-state index in [1.807, 2.05) is 70.3 Å². The van der Waals surface area contributed by atoms with E-state index in [0.29, 0.717) is 5.39 Å². The van der Waals surface area contributed by atoms with E-state index < -0.39 is 26.7 Å². The van der Waals surface area contributed by atoms with Crippen molar-refractivity contribution in [3.8, 4) is 22.5 Å². The van der Waals surface area contributed by atoms with Crippen LogP contribution in [-0.4, -0.2) is 18.0 Å². The topological polar surface area (TPSA) is 25.8 Å². The van der Waals surface area contributed by atoms with Crippen LogP contribution in [-0.2, 0) is 20.1 Å². The molecule has 229 valence electrons. The Bertz CT molecular complexity index is 2090. The molecule has 0 N–H and O–H groups in total. The molecule has 44 heavy (non-hydrogen) atoms. The summed E-state index contributed by atoms with van der Waals surface area (Å²) in [6, 6.07) is 25.7. The Kier molecular flexibility index (Phi) is 8.66. The first-order valence-corrected chi connectivity index (χ1v) is 18.6. The molecule has 3 heterocycles. The van der Waals surface area contributed by atoms with Gasteiger partial charge in [-0.25, -0.2) is 4.39 Å². The Morgan fingerprint density at radius 2 is 1.73 bits per heavy atom. The molecule has 6 rings (SSSR count). The summed E-state index contributed by atoms with van der Waals surface area (Å²) in [7, 11) is -1.61. The first-order valence-electron chi connectivity index (χ1n) is 16.8. The van der Waals surface area contributed by atoms with Crippen molar-refractivity contribution < 1.29 is 31.3 Å². The first-order chi connectivity index (χ1) is 22.2. The third kappa shape index (κ3) is 7.26. The van der Waals surface area contributed by atoms with Crippen molar-refractivity contribution in [2.75, 3.05) is 0 Å². The van der Waals surface area contributed by atoms with Gasteiger partial charge < -0.3 is 9.97 Å². The van der Waals surface area contributed by atoms with Gasteiger partial charge in [-0.2, -0.15) is 11.3 Å². The Hall–Kier alpha value is -3.02. The van der Waals surface area contributed by atoms with Crippen molar-refractivity contribution in [2.45, 2.75) is 66.0 Å². The standard InChI is InChI=1S/C20H15FNS.C18H24NSi.Ir/c1-12(2)13-9-10-22-17(11-13)14-5-3-6-15-19-16(21)7-4-8-18(19)23-20(14)15;1-13(2)16-11-17(15-9-7-14(3)8-10-15)19-12-18(16)20(4,5)6;/h3-4,6-12H,1-2H3;7-9,11-13H,1-6H3;/q2*-1;/i12D;3D3,13D;. The van der Waals surface area contributed by atoms with Gasteiger partial charge in [-0.3, -0.25) is 0 Å². The zero-order chi connectivity index (χ0) is 35.2. The van der Waals surface area contributed by atoms with E-state index in [-0.39, 0.29) is 31.5 Å². The van der Waals surface area contributed by atoms with E-state index in [1.165, 1.54) is 17.3 Å². The monoisotopic (exact) mass is 800 g/mol. The Labute approximate surface area is 287 Å². The van der Waals surface area contributed by atoms with Gasteiger partial charge in [0.05, 0.1) is 8.07 Å². The van der Waals surface area contributed by atoms with Crippen LogP contribution in [0, 0.1) is 24.8 Å². The summed E-state index contributed by atoms with van der Waals surface area (Å²) in [5.74, 6) is -1.62. The molecule has 6 heteroatoms. The Morgan fingerprint density at radius 1 is 0.932 bits per heavy atom. The maximum absolute atomic E-state index is 14.3. The van der Waals surface area contributed by atoms with Gasteiger partial charge in [-0.05, 0) is 51.3 Å². The Balaban J connectivity index is 0.000000216. The van der Waals surface area contributed by atoms with Crippen molar-refractivity contribution in [1.82, 2.24) is 9.97 Å². The first kappa shape index (κ1) is 27.3. The number of benzene rings is 3. The predicted octanol–water partition coefficient (Wildman–Crippen LogP) is 10.7. The number of hydrogen-bond donors (Lipinski definition) is 0. The van der Waals surface area contributed by atoms with Crippen LogP contribution in [0.1, 0.15) is 63.0 Å². The molecular formula is C38H39FIrN2SSi-2. The molecule has 0 amide bonds. The van der Waals surface area contributed by atoms with Gasteiger partial charge in [0.1, 0.15) is 5.82 Å². The van der Waals surface area contributed by atoms with Crippen molar-refractivity contribution in [2.24, 2.45) is 0 Å². The van der Waals surface area contributed by atoms with Gasteiger partial charge in [0.2, 0.25) is 0 Å². The second-order valence-corrected chi connectivity index (χ2v) is 18.2. The number of fused-ring (bicyclic) bond motifs is 3. The number of rotatable bonds is 5. The fourth-order valence-electron chi connectivity index (χ4n) is 5.01. The number of thiophene rings is 1. The fraction of sp³-hybridized carbons (Fsp3) is 0.263. The van der Waals surface area contributed by atoms with E-state index in [0.717, 1.165) is 48.4 Å². The summed E-state index contributed by atoms with van der Waals surface area (Å²) in [5.41, 5.74) is 5.25. The fourth-order valence-corrected chi connectivity index (χ4v) is 7.82. The van der Waals surface area contributed by atoms with E-state index in [2.05, 4.69) is 41.7 Å². The van der Waals surface area contributed by atoms with Crippen LogP contribution in [0.25, 0.3) is 42.7 Å². The van der Waals surface area contributed by atoms with Gasteiger partial charge in [0.15, 0.2) is 0 Å². The normalized spacial score (nSPS) is 14.0. The van der Waals surface area contributed by atoms with Crippen molar-refractivity contribution in [3.05, 3.63) is 114 Å². The van der Waals surface area contributed by atoms with Crippen LogP contribution in [0.5, 0.6) is 0 Å². The molecule has 0 atom stereocenters. The zero-order valence-electron chi connectivity index (χ0n) is 31.0. The number of halogens is 1. The third-order valence-corrected chi connectivity index (χ3v) is 10.5. The molecule has 0 aliphatic heterocycles. The van der Waals surface area contributed by atoms with E-state index in [1.54, 1.807) is 35.7 Å². The van der Waals surface area contributed by atoms with Crippen LogP contribution >= 0.6 is 11.3 Å². The molecule has 3 aromatic carbocycles. The van der Waals surface area contributed by atoms with Crippen LogP contribution in [0.15, 0.2) is 79.1 Å². The molecule has 0 bridgehead atoms. The molecule has 0 aliphatic carbocycles. The number of aromatic nitrogens is 2. The number of aryl methyl sites for hydroxylation is 1. The van der Waals surface area contributed by atoms with Gasteiger partial charge in [0, 0.05) is 49.4 Å². The molecule has 0 spiro atoms. The molecule has 6 aromatic rings. The minimum atomic E-state index is -2.13. The van der Waals surface area contributed by atoms with Gasteiger partial charge in [-0.15, -0.1) is 59.2 Å². The van der Waals surface area contributed by atoms with Crippen LogP contribution in [0.4, 0.5) is 4.39 Å². The molecule has 0 saturated carbocycles. The second-order valence-electron chi connectivity index (χ2n) is 12.1. The molecule has 2 nitrogen and oxygen atoms in total. The van der Waals surface area contributed by atoms with Crippen molar-refractivity contribution in [3.63, 3.8) is 0 Å².